The number of nitrogens with one attached hydrogen (secondary N) is 2. The van der Waals surface area contributed by atoms with E-state index < -0.39 is 10.0 Å². The first-order valence-corrected chi connectivity index (χ1v) is 10.7. The maximum Gasteiger partial charge on any atom is 0.321 e. The minimum Gasteiger partial charge on any atom is -0.325 e. The number of amides is 2. The maximum atomic E-state index is 12.6. The molecular weight excluding hydrogens is 433 g/mol. The van der Waals surface area contributed by atoms with Gasteiger partial charge in [-0.15, -0.1) is 0 Å². The number of urea groups is 1. The Morgan fingerprint density at radius 2 is 1.52 bits per heavy atom. The highest BCUT2D eigenvalue weighted by molar-refractivity contribution is 7.92. The fourth-order valence-electron chi connectivity index (χ4n) is 2.64. The smallest absolute Gasteiger partial charge is 0.321 e. The van der Waals surface area contributed by atoms with Gasteiger partial charge in [-0.05, 0) is 49.2 Å². The summed E-state index contributed by atoms with van der Waals surface area (Å²) in [5, 5.41) is 3.28. The number of nitrogens with zero attached hydrogens (tertiary/aromatic N) is 1. The molecule has 144 valence electrons. The second-order valence-electron chi connectivity index (χ2n) is 6.00. The van der Waals surface area contributed by atoms with Crippen molar-refractivity contribution < 1.29 is 13.2 Å². The van der Waals surface area contributed by atoms with E-state index in [1.165, 1.54) is 36.4 Å². The van der Waals surface area contributed by atoms with Gasteiger partial charge in [0.15, 0.2) is 0 Å². The second kappa shape index (κ2) is 8.14. The van der Waals surface area contributed by atoms with E-state index in [1.807, 2.05) is 0 Å². The summed E-state index contributed by atoms with van der Waals surface area (Å²) in [6.07, 6.45) is 1.99. The van der Waals surface area contributed by atoms with Crippen molar-refractivity contribution in [3.8, 4) is 0 Å². The van der Waals surface area contributed by atoms with E-state index in [1.54, 1.807) is 4.90 Å². The molecule has 1 heterocycles. The zero-order valence-corrected chi connectivity index (χ0v) is 17.1. The topological polar surface area (TPSA) is 78.5 Å². The third-order valence-corrected chi connectivity index (χ3v) is 6.48. The number of sulfonamides is 1. The predicted molar refractivity (Wildman–Crippen MR) is 109 cm³/mol. The van der Waals surface area contributed by atoms with Gasteiger partial charge >= 0.3 is 6.03 Å². The van der Waals surface area contributed by atoms with Crippen LogP contribution in [0.5, 0.6) is 0 Å². The normalized spacial score (nSPS) is 14.3. The van der Waals surface area contributed by atoms with E-state index in [0.717, 1.165) is 25.9 Å². The molecule has 2 N–H and O–H groups in total. The van der Waals surface area contributed by atoms with Crippen LogP contribution >= 0.6 is 34.8 Å². The summed E-state index contributed by atoms with van der Waals surface area (Å²) in [7, 11) is -3.89. The molecule has 1 fully saturated rings. The number of anilines is 2. The molecular formula is C17H16Cl3N3O3S. The average molecular weight is 449 g/mol. The molecule has 2 amide bonds. The van der Waals surface area contributed by atoms with E-state index in [9.17, 15) is 13.2 Å². The minimum atomic E-state index is -3.89. The number of benzene rings is 2. The molecule has 0 radical (unpaired) electrons. The third kappa shape index (κ3) is 4.79. The van der Waals surface area contributed by atoms with E-state index in [0.29, 0.717) is 5.69 Å². The third-order valence-electron chi connectivity index (χ3n) is 4.06. The summed E-state index contributed by atoms with van der Waals surface area (Å²) in [5.74, 6) is 0. The van der Waals surface area contributed by atoms with Gasteiger partial charge < -0.3 is 10.2 Å². The van der Waals surface area contributed by atoms with Crippen molar-refractivity contribution in [2.45, 2.75) is 17.7 Å². The monoisotopic (exact) mass is 447 g/mol. The Bertz CT molecular complexity index is 959. The lowest BCUT2D eigenvalue weighted by Gasteiger charge is -2.16. The van der Waals surface area contributed by atoms with E-state index in [4.69, 9.17) is 34.8 Å². The Balaban J connectivity index is 1.73. The van der Waals surface area contributed by atoms with Gasteiger partial charge in [0, 0.05) is 18.8 Å². The van der Waals surface area contributed by atoms with Crippen molar-refractivity contribution in [2.24, 2.45) is 0 Å². The van der Waals surface area contributed by atoms with E-state index >= 15 is 0 Å². The van der Waals surface area contributed by atoms with Gasteiger partial charge in [0.2, 0.25) is 0 Å². The number of carbonyl (C=O) groups is 1. The molecule has 6 nitrogen and oxygen atoms in total. The summed E-state index contributed by atoms with van der Waals surface area (Å²) in [5.41, 5.74) is 0.635. The summed E-state index contributed by atoms with van der Waals surface area (Å²) in [4.78, 5) is 13.8. The quantitative estimate of drug-likeness (QED) is 0.641. The highest BCUT2D eigenvalue weighted by Gasteiger charge is 2.19. The molecule has 1 saturated heterocycles. The van der Waals surface area contributed by atoms with Crippen molar-refractivity contribution in [2.75, 3.05) is 23.1 Å². The molecule has 1 aliphatic rings. The number of halogens is 3. The lowest BCUT2D eigenvalue weighted by atomic mass is 10.3. The molecule has 2 aromatic carbocycles. The fourth-order valence-corrected chi connectivity index (χ4v) is 4.37. The van der Waals surface area contributed by atoms with Crippen molar-refractivity contribution in [3.63, 3.8) is 0 Å². The lowest BCUT2D eigenvalue weighted by molar-refractivity contribution is 0.222. The van der Waals surface area contributed by atoms with Crippen molar-refractivity contribution in [1.29, 1.82) is 0 Å². The van der Waals surface area contributed by atoms with Crippen LogP contribution in [0.4, 0.5) is 16.2 Å². The van der Waals surface area contributed by atoms with Crippen LogP contribution in [0.15, 0.2) is 41.3 Å². The molecule has 0 bridgehead atoms. The van der Waals surface area contributed by atoms with Crippen molar-refractivity contribution in [1.82, 2.24) is 4.90 Å². The summed E-state index contributed by atoms with van der Waals surface area (Å²) in [6.45, 7) is 1.46. The van der Waals surface area contributed by atoms with Crippen LogP contribution in [0.1, 0.15) is 12.8 Å². The van der Waals surface area contributed by atoms with Crippen LogP contribution in [0.3, 0.4) is 0 Å². The van der Waals surface area contributed by atoms with Crippen molar-refractivity contribution in [3.05, 3.63) is 51.5 Å². The van der Waals surface area contributed by atoms with Crippen LogP contribution in [-0.4, -0.2) is 32.4 Å². The first-order valence-electron chi connectivity index (χ1n) is 8.09. The lowest BCUT2D eigenvalue weighted by Crippen LogP contribution is -2.32. The molecule has 27 heavy (non-hydrogen) atoms. The number of likely N-dealkylation sites (tertiary alicyclic amines) is 1. The Kier molecular flexibility index (Phi) is 6.05. The largest absolute Gasteiger partial charge is 0.325 e. The number of hydrogen-bond acceptors (Lipinski definition) is 3. The van der Waals surface area contributed by atoms with Crippen LogP contribution < -0.4 is 10.0 Å². The zero-order valence-electron chi connectivity index (χ0n) is 14.0. The van der Waals surface area contributed by atoms with Crippen LogP contribution in [0, 0.1) is 0 Å². The molecule has 1 aliphatic heterocycles. The van der Waals surface area contributed by atoms with Gasteiger partial charge in [0.05, 0.1) is 25.7 Å². The SMILES string of the molecule is O=C(Nc1ccc(S(=O)(=O)Nc2cc(Cl)c(Cl)cc2Cl)cc1)N1CCCC1. The summed E-state index contributed by atoms with van der Waals surface area (Å²) >= 11 is 17.8. The van der Waals surface area contributed by atoms with Gasteiger partial charge in [0.1, 0.15) is 0 Å². The standard InChI is InChI=1S/C17H16Cl3N3O3S/c18-13-9-15(20)16(10-14(13)19)22-27(25,26)12-5-3-11(4-6-12)21-17(24)23-7-1-2-8-23/h3-6,9-10,22H,1-2,7-8H2,(H,21,24). The first kappa shape index (κ1) is 20.1. The van der Waals surface area contributed by atoms with Gasteiger partial charge in [-0.1, -0.05) is 34.8 Å². The Morgan fingerprint density at radius 1 is 0.926 bits per heavy atom. The molecule has 0 aromatic heterocycles. The second-order valence-corrected chi connectivity index (χ2v) is 8.90. The number of rotatable bonds is 4. The number of hydrogen-bond donors (Lipinski definition) is 2. The summed E-state index contributed by atoms with van der Waals surface area (Å²) < 4.78 is 27.5. The molecule has 0 spiro atoms. The van der Waals surface area contributed by atoms with E-state index in [-0.39, 0.29) is 31.7 Å². The average Bonchev–Trinajstić information content (AvgIpc) is 3.15. The fraction of sp³-hybridized carbons (Fsp3) is 0.235. The van der Waals surface area contributed by atoms with Gasteiger partial charge in [-0.2, -0.15) is 0 Å². The Hall–Kier alpha value is -1.67. The molecule has 0 saturated carbocycles. The van der Waals surface area contributed by atoms with E-state index in [2.05, 4.69) is 10.0 Å². The predicted octanol–water partition coefficient (Wildman–Crippen LogP) is 5.08. The zero-order chi connectivity index (χ0) is 19.6. The Morgan fingerprint density at radius 3 is 2.15 bits per heavy atom. The highest BCUT2D eigenvalue weighted by Crippen LogP contribution is 2.33. The van der Waals surface area contributed by atoms with Crippen LogP contribution in [-0.2, 0) is 10.0 Å². The maximum absolute atomic E-state index is 12.6. The molecule has 3 rings (SSSR count). The summed E-state index contributed by atoms with van der Waals surface area (Å²) in [6, 6.07) is 8.36. The van der Waals surface area contributed by atoms with Crippen LogP contribution in [0.2, 0.25) is 15.1 Å². The van der Waals surface area contributed by atoms with Crippen LogP contribution in [0.25, 0.3) is 0 Å². The molecule has 0 unspecified atom stereocenters. The first-order chi connectivity index (χ1) is 12.8. The van der Waals surface area contributed by atoms with Gasteiger partial charge in [-0.25, -0.2) is 13.2 Å². The molecule has 2 aromatic rings. The molecule has 10 heteroatoms. The molecule has 0 aliphatic carbocycles. The van der Waals surface area contributed by atoms with Crippen molar-refractivity contribution >= 4 is 62.2 Å². The Labute approximate surface area is 172 Å². The molecule has 0 atom stereocenters. The van der Waals surface area contributed by atoms with Gasteiger partial charge in [-0.3, -0.25) is 4.72 Å². The number of carbonyl (C=O) groups excluding carboxylic acids is 1. The highest BCUT2D eigenvalue weighted by atomic mass is 35.5. The minimum absolute atomic E-state index is 0.0174. The van der Waals surface area contributed by atoms with Gasteiger partial charge in [0.25, 0.3) is 10.0 Å².